The quantitative estimate of drug-likeness (QED) is 0.665. The second-order valence-corrected chi connectivity index (χ2v) is 5.39. The molecular formula is C11H23ClN2O3. The van der Waals surface area contributed by atoms with E-state index < -0.39 is 17.8 Å². The summed E-state index contributed by atoms with van der Waals surface area (Å²) in [5.41, 5.74) is 5.20. The van der Waals surface area contributed by atoms with Crippen molar-refractivity contribution in [2.24, 2.45) is 5.73 Å². The fraction of sp³-hybridized carbons (Fsp3) is 0.909. The fourth-order valence-corrected chi connectivity index (χ4v) is 1.81. The lowest BCUT2D eigenvalue weighted by molar-refractivity contribution is 0.0345. The molecule has 0 spiro atoms. The maximum absolute atomic E-state index is 11.5. The van der Waals surface area contributed by atoms with Crippen LogP contribution in [-0.2, 0) is 4.74 Å². The largest absolute Gasteiger partial charge is 0.444 e. The normalized spacial score (nSPS) is 29.1. The van der Waals surface area contributed by atoms with Crippen molar-refractivity contribution in [3.63, 3.8) is 0 Å². The Labute approximate surface area is 108 Å². The molecule has 5 nitrogen and oxygen atoms in total. The van der Waals surface area contributed by atoms with Gasteiger partial charge < -0.3 is 20.9 Å². The van der Waals surface area contributed by atoms with Crippen LogP contribution < -0.4 is 11.1 Å². The Hall–Kier alpha value is -0.520. The highest BCUT2D eigenvalue weighted by Gasteiger charge is 2.29. The van der Waals surface area contributed by atoms with Gasteiger partial charge in [0.25, 0.3) is 0 Å². The molecule has 0 heterocycles. The van der Waals surface area contributed by atoms with Crippen LogP contribution in [0.25, 0.3) is 0 Å². The molecule has 1 fully saturated rings. The van der Waals surface area contributed by atoms with E-state index in [1.165, 1.54) is 0 Å². The van der Waals surface area contributed by atoms with Gasteiger partial charge in [0.15, 0.2) is 0 Å². The molecule has 17 heavy (non-hydrogen) atoms. The number of hydrogen-bond donors (Lipinski definition) is 3. The number of aliphatic hydroxyl groups is 1. The molecule has 1 aliphatic rings. The minimum atomic E-state index is -0.573. The smallest absolute Gasteiger partial charge is 0.407 e. The third-order valence-electron chi connectivity index (χ3n) is 2.56. The van der Waals surface area contributed by atoms with Crippen LogP contribution in [0.4, 0.5) is 4.79 Å². The summed E-state index contributed by atoms with van der Waals surface area (Å²) in [7, 11) is 0. The van der Waals surface area contributed by atoms with Crippen LogP contribution in [0.2, 0.25) is 0 Å². The first-order valence-corrected chi connectivity index (χ1v) is 5.71. The molecule has 0 saturated heterocycles. The number of carbonyl (C=O) groups is 1. The summed E-state index contributed by atoms with van der Waals surface area (Å²) < 4.78 is 5.12. The highest BCUT2D eigenvalue weighted by atomic mass is 35.5. The lowest BCUT2D eigenvalue weighted by Gasteiger charge is -2.32. The first-order chi connectivity index (χ1) is 7.28. The summed E-state index contributed by atoms with van der Waals surface area (Å²) in [5, 5.41) is 12.4. The molecule has 0 aromatic heterocycles. The van der Waals surface area contributed by atoms with Gasteiger partial charge in [0.1, 0.15) is 5.60 Å². The van der Waals surface area contributed by atoms with Gasteiger partial charge in [0.2, 0.25) is 0 Å². The van der Waals surface area contributed by atoms with E-state index in [-0.39, 0.29) is 24.5 Å². The number of ether oxygens (including phenoxy) is 1. The number of rotatable bonds is 1. The van der Waals surface area contributed by atoms with Crippen molar-refractivity contribution in [2.75, 3.05) is 0 Å². The van der Waals surface area contributed by atoms with Gasteiger partial charge >= 0.3 is 6.09 Å². The molecule has 0 radical (unpaired) electrons. The van der Waals surface area contributed by atoms with Crippen molar-refractivity contribution in [3.8, 4) is 0 Å². The SMILES string of the molecule is CC(C)(C)OC(=O)N[C@H]1CC[C@H](N)CC1O.Cl. The molecule has 4 N–H and O–H groups in total. The molecule has 6 heteroatoms. The van der Waals surface area contributed by atoms with Crippen molar-refractivity contribution < 1.29 is 14.6 Å². The molecule has 102 valence electrons. The number of halogens is 1. The highest BCUT2D eigenvalue weighted by molar-refractivity contribution is 5.85. The first-order valence-electron chi connectivity index (χ1n) is 5.71. The van der Waals surface area contributed by atoms with Crippen molar-refractivity contribution in [1.82, 2.24) is 5.32 Å². The maximum Gasteiger partial charge on any atom is 0.407 e. The molecule has 3 atom stereocenters. The third-order valence-corrected chi connectivity index (χ3v) is 2.56. The molecule has 1 amide bonds. The average molecular weight is 267 g/mol. The predicted octanol–water partition coefficient (Wildman–Crippen LogP) is 1.17. The summed E-state index contributed by atoms with van der Waals surface area (Å²) in [6, 6.07) is -0.207. The van der Waals surface area contributed by atoms with E-state index in [1.807, 2.05) is 0 Å². The molecule has 0 bridgehead atoms. The molecule has 0 aliphatic heterocycles. The molecule has 1 rings (SSSR count). The minimum absolute atomic E-state index is 0. The van der Waals surface area contributed by atoms with Gasteiger partial charge in [-0.2, -0.15) is 0 Å². The zero-order valence-corrected chi connectivity index (χ0v) is 11.4. The Bertz CT molecular complexity index is 256. The summed E-state index contributed by atoms with van der Waals surface area (Å²) in [5.74, 6) is 0. The molecule has 0 aromatic rings. The van der Waals surface area contributed by atoms with Crippen molar-refractivity contribution in [3.05, 3.63) is 0 Å². The van der Waals surface area contributed by atoms with Crippen molar-refractivity contribution in [1.29, 1.82) is 0 Å². The second kappa shape index (κ2) is 6.42. The summed E-state index contributed by atoms with van der Waals surface area (Å²) in [4.78, 5) is 11.5. The van der Waals surface area contributed by atoms with Gasteiger partial charge in [-0.15, -0.1) is 12.4 Å². The number of aliphatic hydroxyl groups excluding tert-OH is 1. The Morgan fingerprint density at radius 1 is 1.41 bits per heavy atom. The van der Waals surface area contributed by atoms with Crippen LogP contribution in [0.5, 0.6) is 0 Å². The Morgan fingerprint density at radius 2 is 2.00 bits per heavy atom. The Morgan fingerprint density at radius 3 is 2.47 bits per heavy atom. The lowest BCUT2D eigenvalue weighted by Crippen LogP contribution is -2.50. The van der Waals surface area contributed by atoms with Crippen molar-refractivity contribution in [2.45, 2.75) is 63.8 Å². The van der Waals surface area contributed by atoms with Gasteiger partial charge in [0, 0.05) is 6.04 Å². The summed E-state index contributed by atoms with van der Waals surface area (Å²) in [6.07, 6.45) is 0.989. The van der Waals surface area contributed by atoms with E-state index >= 15 is 0 Å². The monoisotopic (exact) mass is 266 g/mol. The highest BCUT2D eigenvalue weighted by Crippen LogP contribution is 2.18. The minimum Gasteiger partial charge on any atom is -0.444 e. The van der Waals surface area contributed by atoms with Gasteiger partial charge in [-0.05, 0) is 40.0 Å². The number of amides is 1. The van der Waals surface area contributed by atoms with Gasteiger partial charge in [-0.3, -0.25) is 0 Å². The Balaban J connectivity index is 0.00000256. The third kappa shape index (κ3) is 6.10. The molecule has 1 unspecified atom stereocenters. The zero-order valence-electron chi connectivity index (χ0n) is 10.6. The van der Waals surface area contributed by atoms with Crippen LogP contribution in [0.1, 0.15) is 40.0 Å². The molecule has 1 aliphatic carbocycles. The number of alkyl carbamates (subject to hydrolysis) is 1. The number of carbonyl (C=O) groups excluding carboxylic acids is 1. The van der Waals surface area contributed by atoms with E-state index in [9.17, 15) is 9.90 Å². The van der Waals surface area contributed by atoms with Crippen LogP contribution in [-0.4, -0.2) is 35.0 Å². The van der Waals surface area contributed by atoms with Crippen molar-refractivity contribution >= 4 is 18.5 Å². The number of hydrogen-bond acceptors (Lipinski definition) is 4. The number of nitrogens with one attached hydrogen (secondary N) is 1. The number of nitrogens with two attached hydrogens (primary N) is 1. The first kappa shape index (κ1) is 16.5. The van der Waals surface area contributed by atoms with Gasteiger partial charge in [-0.1, -0.05) is 0 Å². The topological polar surface area (TPSA) is 84.6 Å². The maximum atomic E-state index is 11.5. The summed E-state index contributed by atoms with van der Waals surface area (Å²) >= 11 is 0. The Kier molecular flexibility index (Phi) is 6.23. The van der Waals surface area contributed by atoms with E-state index in [0.717, 1.165) is 6.42 Å². The van der Waals surface area contributed by atoms with Crippen LogP contribution in [0.3, 0.4) is 0 Å². The van der Waals surface area contributed by atoms with E-state index in [0.29, 0.717) is 12.8 Å². The van der Waals surface area contributed by atoms with Gasteiger partial charge in [-0.25, -0.2) is 4.79 Å². The van der Waals surface area contributed by atoms with E-state index in [2.05, 4.69) is 5.32 Å². The molecular weight excluding hydrogens is 244 g/mol. The molecule has 1 saturated carbocycles. The zero-order chi connectivity index (χ0) is 12.3. The average Bonchev–Trinajstić information content (AvgIpc) is 2.06. The molecule has 0 aromatic carbocycles. The lowest BCUT2D eigenvalue weighted by atomic mass is 9.89. The van der Waals surface area contributed by atoms with E-state index in [4.69, 9.17) is 10.5 Å². The predicted molar refractivity (Wildman–Crippen MR) is 68.2 cm³/mol. The van der Waals surface area contributed by atoms with Crippen LogP contribution >= 0.6 is 12.4 Å². The van der Waals surface area contributed by atoms with Crippen LogP contribution in [0, 0.1) is 0 Å². The second-order valence-electron chi connectivity index (χ2n) is 5.39. The standard InChI is InChI=1S/C11H22N2O3.ClH/c1-11(2,3)16-10(15)13-8-5-4-7(12)6-9(8)14;/h7-9,14H,4-6,12H2,1-3H3,(H,13,15);1H/t7-,8-,9?;/m0./s1. The van der Waals surface area contributed by atoms with Crippen LogP contribution in [0.15, 0.2) is 0 Å². The summed E-state index contributed by atoms with van der Waals surface area (Å²) in [6.45, 7) is 5.42. The van der Waals surface area contributed by atoms with E-state index in [1.54, 1.807) is 20.8 Å². The van der Waals surface area contributed by atoms with Gasteiger partial charge in [0.05, 0.1) is 12.1 Å². The fourth-order valence-electron chi connectivity index (χ4n) is 1.81.